The minimum Gasteiger partial charge on any atom is -0.271 e. The monoisotopic (exact) mass is 438 g/mol. The molecule has 2 aromatic carbocycles. The molecule has 0 aliphatic carbocycles. The molecule has 0 aliphatic heterocycles. The van der Waals surface area contributed by atoms with E-state index >= 15 is 0 Å². The Morgan fingerprint density at radius 3 is 2.87 bits per heavy atom. The molecular formula is C15H11IN4O2S. The topological polar surface area (TPSA) is 78.4 Å². The maximum Gasteiger partial charge on any atom is 0.277 e. The quantitative estimate of drug-likeness (QED) is 0.379. The van der Waals surface area contributed by atoms with Crippen molar-refractivity contribution in [2.45, 2.75) is 9.79 Å². The zero-order valence-electron chi connectivity index (χ0n) is 12.0. The highest BCUT2D eigenvalue weighted by Gasteiger charge is 2.17. The molecule has 0 atom stereocenters. The summed E-state index contributed by atoms with van der Waals surface area (Å²) in [7, 11) is 1.34. The summed E-state index contributed by atoms with van der Waals surface area (Å²) in [6, 6.07) is 13.1. The molecule has 0 radical (unpaired) electrons. The first-order valence-electron chi connectivity index (χ1n) is 6.62. The average molecular weight is 438 g/mol. The Bertz CT molecular complexity index is 896. The number of aromatic nitrogens is 2. The minimum absolute atomic E-state index is 0.432. The van der Waals surface area contributed by atoms with Crippen molar-refractivity contribution in [3.63, 3.8) is 0 Å². The van der Waals surface area contributed by atoms with Gasteiger partial charge in [-0.2, -0.15) is 10.1 Å². The third kappa shape index (κ3) is 3.22. The van der Waals surface area contributed by atoms with Gasteiger partial charge in [0.2, 0.25) is 0 Å². The molecule has 23 heavy (non-hydrogen) atoms. The van der Waals surface area contributed by atoms with Crippen molar-refractivity contribution >= 4 is 51.2 Å². The van der Waals surface area contributed by atoms with Crippen LogP contribution in [0.1, 0.15) is 10.4 Å². The first-order valence-corrected chi connectivity index (χ1v) is 8.51. The van der Waals surface area contributed by atoms with Gasteiger partial charge in [-0.1, -0.05) is 23.9 Å². The Hall–Kier alpha value is -1.94. The summed E-state index contributed by atoms with van der Waals surface area (Å²) >= 11 is 3.65. The van der Waals surface area contributed by atoms with E-state index in [-0.39, 0.29) is 0 Å². The molecule has 0 saturated carbocycles. The highest BCUT2D eigenvalue weighted by Crippen LogP contribution is 2.33. The van der Waals surface area contributed by atoms with Crippen molar-refractivity contribution in [2.24, 2.45) is 5.29 Å². The zero-order chi connectivity index (χ0) is 16.4. The predicted molar refractivity (Wildman–Crippen MR) is 97.3 cm³/mol. The molecule has 8 heteroatoms. The number of fused-ring (bicyclic) bond motifs is 1. The molecule has 3 aromatic rings. The molecule has 0 spiro atoms. The maximum atomic E-state index is 12.2. The van der Waals surface area contributed by atoms with E-state index in [0.717, 1.165) is 29.4 Å². The van der Waals surface area contributed by atoms with E-state index in [1.54, 1.807) is 12.1 Å². The molecule has 1 aromatic heterocycles. The summed E-state index contributed by atoms with van der Waals surface area (Å²) in [4.78, 5) is 24.5. The number of hydrogen-bond acceptors (Lipinski definition) is 5. The van der Waals surface area contributed by atoms with Crippen molar-refractivity contribution in [2.75, 3.05) is 7.05 Å². The Kier molecular flexibility index (Phi) is 4.62. The average Bonchev–Trinajstić information content (AvgIpc) is 2.94. The molecule has 1 heterocycles. The van der Waals surface area contributed by atoms with Crippen LogP contribution in [-0.2, 0) is 0 Å². The first kappa shape index (κ1) is 15.9. The number of carbonyl (C=O) groups is 1. The number of halogens is 1. The van der Waals surface area contributed by atoms with Crippen molar-refractivity contribution in [3.8, 4) is 0 Å². The van der Waals surface area contributed by atoms with E-state index in [1.165, 1.54) is 18.8 Å². The van der Waals surface area contributed by atoms with Gasteiger partial charge in [-0.25, -0.2) is 0 Å². The number of carbonyl (C=O) groups excluding carboxylic acids is 1. The van der Waals surface area contributed by atoms with Crippen LogP contribution < -0.4 is 0 Å². The lowest BCUT2D eigenvalue weighted by Gasteiger charge is -2.11. The van der Waals surface area contributed by atoms with Gasteiger partial charge in [-0.3, -0.25) is 9.89 Å². The second-order valence-electron chi connectivity index (χ2n) is 4.73. The number of H-pyrrole nitrogens is 1. The van der Waals surface area contributed by atoms with E-state index in [0.29, 0.717) is 5.56 Å². The van der Waals surface area contributed by atoms with Crippen LogP contribution in [0.5, 0.6) is 0 Å². The molecular weight excluding hydrogens is 427 g/mol. The van der Waals surface area contributed by atoms with E-state index in [1.807, 2.05) is 30.3 Å². The third-order valence-corrected chi connectivity index (χ3v) is 5.13. The fourth-order valence-electron chi connectivity index (χ4n) is 2.09. The maximum absolute atomic E-state index is 12.2. The molecule has 6 nitrogen and oxygen atoms in total. The van der Waals surface area contributed by atoms with Crippen LogP contribution in [0.3, 0.4) is 0 Å². The second kappa shape index (κ2) is 6.67. The summed E-state index contributed by atoms with van der Waals surface area (Å²) < 4.78 is 0.989. The molecule has 0 unspecified atom stereocenters. The van der Waals surface area contributed by atoms with Crippen molar-refractivity contribution < 1.29 is 4.79 Å². The fraction of sp³-hybridized carbons (Fsp3) is 0.0667. The third-order valence-electron chi connectivity index (χ3n) is 3.24. The molecule has 1 N–H and O–H groups in total. The number of nitrogens with one attached hydrogen (secondary N) is 1. The molecule has 0 bridgehead atoms. The number of nitrogens with zero attached hydrogens (tertiary/aromatic N) is 3. The Labute approximate surface area is 149 Å². The second-order valence-corrected chi connectivity index (χ2v) is 6.92. The van der Waals surface area contributed by atoms with Gasteiger partial charge in [0.15, 0.2) is 0 Å². The largest absolute Gasteiger partial charge is 0.277 e. The zero-order valence-corrected chi connectivity index (χ0v) is 15.0. The summed E-state index contributed by atoms with van der Waals surface area (Å²) in [5.74, 6) is -0.432. The van der Waals surface area contributed by atoms with Crippen LogP contribution in [0, 0.1) is 8.61 Å². The summed E-state index contributed by atoms with van der Waals surface area (Å²) in [5.41, 5.74) is 1.31. The van der Waals surface area contributed by atoms with Gasteiger partial charge in [-0.05, 0) is 52.9 Å². The number of nitroso groups, excluding NO2 is 1. The standard InChI is InChI=1S/C15H11IN4O2S/c1-20(19-22)15(21)11-4-2-3-5-13(11)23-9-6-7-10-12(8-9)17-18-14(10)16/h2-8H,1H3,(H,17,18). The van der Waals surface area contributed by atoms with Crippen LogP contribution in [0.15, 0.2) is 57.5 Å². The Morgan fingerprint density at radius 2 is 2.09 bits per heavy atom. The summed E-state index contributed by atoms with van der Waals surface area (Å²) in [5, 5.41) is 11.7. The molecule has 0 fully saturated rings. The summed E-state index contributed by atoms with van der Waals surface area (Å²) in [6.07, 6.45) is 0. The first-order chi connectivity index (χ1) is 11.1. The van der Waals surface area contributed by atoms with E-state index < -0.39 is 5.91 Å². The van der Waals surface area contributed by atoms with E-state index in [4.69, 9.17) is 0 Å². The van der Waals surface area contributed by atoms with Crippen LogP contribution >= 0.6 is 34.4 Å². The van der Waals surface area contributed by atoms with Gasteiger partial charge in [-0.15, -0.1) is 4.91 Å². The van der Waals surface area contributed by atoms with Crippen LogP contribution in [0.4, 0.5) is 0 Å². The van der Waals surface area contributed by atoms with Gasteiger partial charge in [0.05, 0.1) is 16.4 Å². The number of amides is 1. The van der Waals surface area contributed by atoms with E-state index in [9.17, 15) is 9.70 Å². The van der Waals surface area contributed by atoms with Crippen molar-refractivity contribution in [1.29, 1.82) is 0 Å². The normalized spacial score (nSPS) is 10.7. The number of hydrogen-bond donors (Lipinski definition) is 1. The SMILES string of the molecule is CN(N=O)C(=O)c1ccccc1Sc1ccc2c(I)[nH]nc2c1. The van der Waals surface area contributed by atoms with E-state index in [2.05, 4.69) is 38.1 Å². The van der Waals surface area contributed by atoms with Crippen molar-refractivity contribution in [1.82, 2.24) is 15.2 Å². The number of rotatable bonds is 4. The van der Waals surface area contributed by atoms with Gasteiger partial charge < -0.3 is 0 Å². The Morgan fingerprint density at radius 1 is 1.30 bits per heavy atom. The lowest BCUT2D eigenvalue weighted by atomic mass is 10.2. The highest BCUT2D eigenvalue weighted by atomic mass is 127. The van der Waals surface area contributed by atoms with Crippen LogP contribution in [0.25, 0.3) is 10.9 Å². The molecule has 3 rings (SSSR count). The van der Waals surface area contributed by atoms with Gasteiger partial charge in [0, 0.05) is 22.2 Å². The lowest BCUT2D eigenvalue weighted by Crippen LogP contribution is -2.20. The minimum atomic E-state index is -0.432. The number of aromatic amines is 1. The molecule has 116 valence electrons. The lowest BCUT2D eigenvalue weighted by molar-refractivity contribution is 0.0793. The van der Waals surface area contributed by atoms with Gasteiger partial charge >= 0.3 is 0 Å². The molecule has 1 amide bonds. The fourth-order valence-corrected chi connectivity index (χ4v) is 3.64. The van der Waals surface area contributed by atoms with Gasteiger partial charge in [0.25, 0.3) is 5.91 Å². The predicted octanol–water partition coefficient (Wildman–Crippen LogP) is 4.07. The highest BCUT2D eigenvalue weighted by molar-refractivity contribution is 14.1. The van der Waals surface area contributed by atoms with Crippen LogP contribution in [-0.4, -0.2) is 28.2 Å². The number of benzene rings is 2. The van der Waals surface area contributed by atoms with Crippen molar-refractivity contribution in [3.05, 3.63) is 56.6 Å². The van der Waals surface area contributed by atoms with Gasteiger partial charge in [0.1, 0.15) is 3.70 Å². The summed E-state index contributed by atoms with van der Waals surface area (Å²) in [6.45, 7) is 0. The molecule has 0 aliphatic rings. The van der Waals surface area contributed by atoms with Crippen LogP contribution in [0.2, 0.25) is 0 Å². The Balaban J connectivity index is 1.95. The molecule has 0 saturated heterocycles. The smallest absolute Gasteiger partial charge is 0.271 e.